The van der Waals surface area contributed by atoms with Gasteiger partial charge in [-0.3, -0.25) is 4.98 Å². The maximum absolute atomic E-state index is 4.39. The first-order valence-electron chi connectivity index (χ1n) is 4.65. The maximum atomic E-state index is 4.39. The van der Waals surface area contributed by atoms with Gasteiger partial charge in [0.25, 0.3) is 0 Å². The lowest BCUT2D eigenvalue weighted by Gasteiger charge is -2.00. The molecule has 1 aromatic heterocycles. The van der Waals surface area contributed by atoms with Gasteiger partial charge in [-0.15, -0.1) is 0 Å². The van der Waals surface area contributed by atoms with Crippen molar-refractivity contribution >= 4 is 10.9 Å². The minimum absolute atomic E-state index is 1.05. The molecular weight excluding hydrogens is 158 g/mol. The fraction of sp³-hybridized carbons (Fsp3) is 0.250. The molecule has 0 saturated carbocycles. The molecule has 13 heavy (non-hydrogen) atoms. The molecule has 0 amide bonds. The average molecular weight is 171 g/mol. The second-order valence-corrected chi connectivity index (χ2v) is 3.39. The fourth-order valence-corrected chi connectivity index (χ4v) is 1.49. The van der Waals surface area contributed by atoms with Crippen molar-refractivity contribution in [3.05, 3.63) is 41.6 Å². The Hall–Kier alpha value is -1.37. The van der Waals surface area contributed by atoms with E-state index in [1.807, 2.05) is 6.20 Å². The summed E-state index contributed by atoms with van der Waals surface area (Å²) in [6.45, 7) is 4.26. The van der Waals surface area contributed by atoms with Crippen molar-refractivity contribution in [1.82, 2.24) is 4.98 Å². The number of rotatable bonds is 1. The predicted molar refractivity (Wildman–Crippen MR) is 55.9 cm³/mol. The van der Waals surface area contributed by atoms with Gasteiger partial charge in [0, 0.05) is 11.6 Å². The summed E-state index contributed by atoms with van der Waals surface area (Å²) in [6, 6.07) is 8.57. The molecule has 0 bridgehead atoms. The van der Waals surface area contributed by atoms with E-state index in [2.05, 4.69) is 43.1 Å². The summed E-state index contributed by atoms with van der Waals surface area (Å²) in [6.07, 6.45) is 3.01. The van der Waals surface area contributed by atoms with Gasteiger partial charge in [-0.05, 0) is 37.1 Å². The Labute approximate surface area is 78.4 Å². The number of hydrogen-bond acceptors (Lipinski definition) is 1. The van der Waals surface area contributed by atoms with Gasteiger partial charge in [0.1, 0.15) is 0 Å². The highest BCUT2D eigenvalue weighted by atomic mass is 14.6. The molecule has 2 rings (SSSR count). The normalized spacial score (nSPS) is 10.6. The largest absolute Gasteiger partial charge is 0.256 e. The predicted octanol–water partition coefficient (Wildman–Crippen LogP) is 3.11. The Bertz CT molecular complexity index is 432. The first-order chi connectivity index (χ1) is 6.29. The van der Waals surface area contributed by atoms with Crippen LogP contribution in [0.2, 0.25) is 0 Å². The van der Waals surface area contributed by atoms with Crippen LogP contribution in [0.3, 0.4) is 0 Å². The molecule has 0 aliphatic carbocycles. The molecular formula is C12H13N. The molecule has 1 nitrogen and oxygen atoms in total. The molecule has 2 aromatic rings. The van der Waals surface area contributed by atoms with Crippen LogP contribution in [0.1, 0.15) is 18.1 Å². The summed E-state index contributed by atoms with van der Waals surface area (Å²) < 4.78 is 0. The minimum Gasteiger partial charge on any atom is -0.256 e. The van der Waals surface area contributed by atoms with Crippen molar-refractivity contribution in [1.29, 1.82) is 0 Å². The lowest BCUT2D eigenvalue weighted by molar-refractivity contribution is 1.12. The highest BCUT2D eigenvalue weighted by Gasteiger charge is 1.96. The van der Waals surface area contributed by atoms with Crippen LogP contribution in [0.15, 0.2) is 30.5 Å². The number of pyridine rings is 1. The first kappa shape index (κ1) is 8.24. The Morgan fingerprint density at radius 2 is 2.08 bits per heavy atom. The van der Waals surface area contributed by atoms with E-state index < -0.39 is 0 Å². The quantitative estimate of drug-likeness (QED) is 0.642. The second-order valence-electron chi connectivity index (χ2n) is 3.39. The van der Waals surface area contributed by atoms with E-state index in [9.17, 15) is 0 Å². The van der Waals surface area contributed by atoms with E-state index in [0.717, 1.165) is 11.9 Å². The zero-order valence-corrected chi connectivity index (χ0v) is 8.04. The maximum Gasteiger partial charge on any atom is 0.0702 e. The van der Waals surface area contributed by atoms with Crippen molar-refractivity contribution < 1.29 is 0 Å². The van der Waals surface area contributed by atoms with Gasteiger partial charge in [-0.25, -0.2) is 0 Å². The van der Waals surface area contributed by atoms with Crippen LogP contribution in [0, 0.1) is 6.92 Å². The first-order valence-corrected chi connectivity index (χ1v) is 4.65. The molecule has 66 valence electrons. The van der Waals surface area contributed by atoms with Gasteiger partial charge in [-0.2, -0.15) is 0 Å². The van der Waals surface area contributed by atoms with Gasteiger partial charge in [-0.1, -0.05) is 18.6 Å². The summed E-state index contributed by atoms with van der Waals surface area (Å²) in [5.41, 5.74) is 3.68. The van der Waals surface area contributed by atoms with Crippen molar-refractivity contribution in [3.8, 4) is 0 Å². The van der Waals surface area contributed by atoms with Crippen molar-refractivity contribution in [3.63, 3.8) is 0 Å². The monoisotopic (exact) mass is 171 g/mol. The van der Waals surface area contributed by atoms with E-state index in [0.29, 0.717) is 0 Å². The SMILES string of the molecule is CCc1cnc2ccc(C)cc2c1. The molecule has 0 aliphatic heterocycles. The molecule has 0 fully saturated rings. The zero-order valence-electron chi connectivity index (χ0n) is 8.04. The molecule has 1 heteroatoms. The van der Waals surface area contributed by atoms with E-state index in [1.54, 1.807) is 0 Å². The number of fused-ring (bicyclic) bond motifs is 1. The van der Waals surface area contributed by atoms with Crippen molar-refractivity contribution in [2.24, 2.45) is 0 Å². The van der Waals surface area contributed by atoms with Crippen molar-refractivity contribution in [2.45, 2.75) is 20.3 Å². The van der Waals surface area contributed by atoms with Crippen LogP contribution in [0.5, 0.6) is 0 Å². The van der Waals surface area contributed by atoms with E-state index >= 15 is 0 Å². The third-order valence-electron chi connectivity index (χ3n) is 2.30. The van der Waals surface area contributed by atoms with E-state index in [1.165, 1.54) is 16.5 Å². The topological polar surface area (TPSA) is 12.9 Å². The fourth-order valence-electron chi connectivity index (χ4n) is 1.49. The number of nitrogens with zero attached hydrogens (tertiary/aromatic N) is 1. The molecule has 1 heterocycles. The summed E-state index contributed by atoms with van der Waals surface area (Å²) in [7, 11) is 0. The number of benzene rings is 1. The van der Waals surface area contributed by atoms with Gasteiger partial charge in [0.05, 0.1) is 5.52 Å². The highest BCUT2D eigenvalue weighted by molar-refractivity contribution is 5.79. The second kappa shape index (κ2) is 3.17. The zero-order chi connectivity index (χ0) is 9.26. The van der Waals surface area contributed by atoms with Crippen LogP contribution < -0.4 is 0 Å². The smallest absolute Gasteiger partial charge is 0.0702 e. The molecule has 0 radical (unpaired) electrons. The standard InChI is InChI=1S/C12H13N/c1-3-10-7-11-6-9(2)4-5-12(11)13-8-10/h4-8H,3H2,1-2H3. The van der Waals surface area contributed by atoms with Gasteiger partial charge in [0.2, 0.25) is 0 Å². The van der Waals surface area contributed by atoms with Crippen LogP contribution in [-0.2, 0) is 6.42 Å². The Balaban J connectivity index is 2.68. The molecule has 0 atom stereocenters. The van der Waals surface area contributed by atoms with Crippen molar-refractivity contribution in [2.75, 3.05) is 0 Å². The lowest BCUT2D eigenvalue weighted by Crippen LogP contribution is -1.85. The molecule has 0 N–H and O–H groups in total. The lowest BCUT2D eigenvalue weighted by atomic mass is 10.1. The summed E-state index contributed by atoms with van der Waals surface area (Å²) in [5.74, 6) is 0. The highest BCUT2D eigenvalue weighted by Crippen LogP contribution is 2.15. The van der Waals surface area contributed by atoms with Crippen LogP contribution in [-0.4, -0.2) is 4.98 Å². The van der Waals surface area contributed by atoms with Gasteiger partial charge >= 0.3 is 0 Å². The van der Waals surface area contributed by atoms with Crippen LogP contribution >= 0.6 is 0 Å². The number of aryl methyl sites for hydroxylation is 2. The summed E-state index contributed by atoms with van der Waals surface area (Å²) in [5, 5.41) is 1.25. The number of hydrogen-bond donors (Lipinski definition) is 0. The van der Waals surface area contributed by atoms with Crippen LogP contribution in [0.4, 0.5) is 0 Å². The molecule has 0 saturated heterocycles. The van der Waals surface area contributed by atoms with Gasteiger partial charge in [0.15, 0.2) is 0 Å². The summed E-state index contributed by atoms with van der Waals surface area (Å²) in [4.78, 5) is 4.39. The van der Waals surface area contributed by atoms with E-state index in [4.69, 9.17) is 0 Å². The number of aromatic nitrogens is 1. The van der Waals surface area contributed by atoms with Crippen LogP contribution in [0.25, 0.3) is 10.9 Å². The minimum atomic E-state index is 1.05. The summed E-state index contributed by atoms with van der Waals surface area (Å²) >= 11 is 0. The Kier molecular flexibility index (Phi) is 2.01. The molecule has 1 aromatic carbocycles. The molecule has 0 aliphatic rings. The molecule has 0 unspecified atom stereocenters. The average Bonchev–Trinajstić information content (AvgIpc) is 2.16. The van der Waals surface area contributed by atoms with Gasteiger partial charge < -0.3 is 0 Å². The van der Waals surface area contributed by atoms with E-state index in [-0.39, 0.29) is 0 Å². The molecule has 0 spiro atoms. The third-order valence-corrected chi connectivity index (χ3v) is 2.30. The Morgan fingerprint density at radius 1 is 1.23 bits per heavy atom. The Morgan fingerprint density at radius 3 is 2.85 bits per heavy atom. The third kappa shape index (κ3) is 1.55.